The zero-order chi connectivity index (χ0) is 14.7. The molecule has 0 saturated carbocycles. The summed E-state index contributed by atoms with van der Waals surface area (Å²) in [5.74, 6) is -1.66. The maximum absolute atomic E-state index is 12.0. The number of aromatic carboxylic acids is 1. The summed E-state index contributed by atoms with van der Waals surface area (Å²) in [4.78, 5) is 26.8. The summed E-state index contributed by atoms with van der Waals surface area (Å²) in [6.07, 6.45) is 2.59. The van der Waals surface area contributed by atoms with Gasteiger partial charge >= 0.3 is 5.97 Å². The summed E-state index contributed by atoms with van der Waals surface area (Å²) < 4.78 is 0. The molecule has 0 aliphatic carbocycles. The fourth-order valence-corrected chi connectivity index (χ4v) is 1.81. The number of carboxylic acids is 1. The smallest absolute Gasteiger partial charge is 0.337 e. The largest absolute Gasteiger partial charge is 0.478 e. The van der Waals surface area contributed by atoms with Crippen molar-refractivity contribution in [3.8, 4) is 0 Å². The predicted molar refractivity (Wildman–Crippen MR) is 75.6 cm³/mol. The molecule has 0 fully saturated rings. The Morgan fingerprint density at radius 2 is 1.90 bits per heavy atom. The molecule has 1 amide bonds. The zero-order valence-corrected chi connectivity index (χ0v) is 11.4. The molecule has 0 atom stereocenters. The van der Waals surface area contributed by atoms with Gasteiger partial charge < -0.3 is 10.4 Å². The molecule has 1 aromatic heterocycles. The van der Waals surface area contributed by atoms with Gasteiger partial charge in [0.15, 0.2) is 0 Å². The van der Waals surface area contributed by atoms with E-state index in [1.807, 2.05) is 0 Å². The first-order chi connectivity index (χ1) is 9.49. The highest BCUT2D eigenvalue weighted by atomic mass is 35.5. The number of rotatable bonds is 3. The van der Waals surface area contributed by atoms with E-state index in [0.717, 1.165) is 0 Å². The van der Waals surface area contributed by atoms with E-state index >= 15 is 0 Å². The first kappa shape index (κ1) is 14.3. The molecule has 0 saturated heterocycles. The molecule has 0 radical (unpaired) electrons. The topological polar surface area (TPSA) is 79.3 Å². The lowest BCUT2D eigenvalue weighted by molar-refractivity contribution is 0.0698. The van der Waals surface area contributed by atoms with Gasteiger partial charge in [-0.25, -0.2) is 4.79 Å². The van der Waals surface area contributed by atoms with Crippen LogP contribution in [-0.4, -0.2) is 22.0 Å². The van der Waals surface area contributed by atoms with Crippen molar-refractivity contribution in [2.24, 2.45) is 0 Å². The van der Waals surface area contributed by atoms with Crippen LogP contribution >= 0.6 is 23.2 Å². The van der Waals surface area contributed by atoms with Gasteiger partial charge in [0.05, 0.1) is 27.5 Å². The Balaban J connectivity index is 2.28. The summed E-state index contributed by atoms with van der Waals surface area (Å²) in [5.41, 5.74) is 0.323. The Kier molecular flexibility index (Phi) is 4.22. The van der Waals surface area contributed by atoms with E-state index in [4.69, 9.17) is 28.3 Å². The highest BCUT2D eigenvalue weighted by Gasteiger charge is 2.14. The number of anilines is 1. The molecule has 0 spiro atoms. The molecule has 7 heteroatoms. The van der Waals surface area contributed by atoms with Crippen molar-refractivity contribution >= 4 is 40.8 Å². The summed E-state index contributed by atoms with van der Waals surface area (Å²) in [6, 6.07) is 5.67. The molecule has 0 aliphatic heterocycles. The van der Waals surface area contributed by atoms with Gasteiger partial charge in [-0.15, -0.1) is 0 Å². The van der Waals surface area contributed by atoms with Gasteiger partial charge in [-0.05, 0) is 24.3 Å². The molecular weight excluding hydrogens is 303 g/mol. The minimum atomic E-state index is -1.16. The van der Waals surface area contributed by atoms with Gasteiger partial charge in [0.25, 0.3) is 5.91 Å². The quantitative estimate of drug-likeness (QED) is 0.911. The average Bonchev–Trinajstić information content (AvgIpc) is 2.42. The monoisotopic (exact) mass is 310 g/mol. The van der Waals surface area contributed by atoms with Crippen LogP contribution < -0.4 is 5.32 Å². The molecule has 2 rings (SSSR count). The Hall–Kier alpha value is -2.11. The van der Waals surface area contributed by atoms with Crippen molar-refractivity contribution in [2.45, 2.75) is 0 Å². The molecule has 0 aliphatic rings. The van der Waals surface area contributed by atoms with Crippen molar-refractivity contribution in [1.82, 2.24) is 4.98 Å². The number of nitrogens with one attached hydrogen (secondary N) is 1. The number of nitrogens with zero attached hydrogens (tertiary/aromatic N) is 1. The van der Waals surface area contributed by atoms with E-state index in [0.29, 0.717) is 5.02 Å². The standard InChI is InChI=1S/C13H8Cl2N2O3/c14-9-2-1-7(5-10(9)15)12(18)17-11-6-16-4-3-8(11)13(19)20/h1-6H,(H,17,18)(H,19,20). The van der Waals surface area contributed by atoms with Gasteiger partial charge in [0, 0.05) is 11.8 Å². The second kappa shape index (κ2) is 5.90. The van der Waals surface area contributed by atoms with Crippen LogP contribution in [0.1, 0.15) is 20.7 Å². The third-order valence-electron chi connectivity index (χ3n) is 2.48. The van der Waals surface area contributed by atoms with Gasteiger partial charge in [0.2, 0.25) is 0 Å². The fourth-order valence-electron chi connectivity index (χ4n) is 1.51. The van der Waals surface area contributed by atoms with E-state index in [1.165, 1.54) is 36.7 Å². The summed E-state index contributed by atoms with van der Waals surface area (Å²) in [7, 11) is 0. The van der Waals surface area contributed by atoms with Crippen LogP contribution in [0.2, 0.25) is 10.0 Å². The van der Waals surface area contributed by atoms with E-state index < -0.39 is 11.9 Å². The Labute approximate surface area is 124 Å². The summed E-state index contributed by atoms with van der Waals surface area (Å²) >= 11 is 11.6. The second-order valence-electron chi connectivity index (χ2n) is 3.81. The predicted octanol–water partition coefficient (Wildman–Crippen LogP) is 3.34. The van der Waals surface area contributed by atoms with E-state index in [-0.39, 0.29) is 21.8 Å². The molecular formula is C13H8Cl2N2O3. The molecule has 5 nitrogen and oxygen atoms in total. The van der Waals surface area contributed by atoms with E-state index in [2.05, 4.69) is 10.3 Å². The van der Waals surface area contributed by atoms with Crippen molar-refractivity contribution in [2.75, 3.05) is 5.32 Å². The first-order valence-electron chi connectivity index (χ1n) is 5.42. The molecule has 2 N–H and O–H groups in total. The average molecular weight is 311 g/mol. The third kappa shape index (κ3) is 3.07. The number of amides is 1. The van der Waals surface area contributed by atoms with Crippen LogP contribution in [-0.2, 0) is 0 Å². The van der Waals surface area contributed by atoms with Crippen LogP contribution in [0.5, 0.6) is 0 Å². The lowest BCUT2D eigenvalue weighted by Crippen LogP contribution is -2.15. The number of hydrogen-bond donors (Lipinski definition) is 2. The molecule has 102 valence electrons. The van der Waals surface area contributed by atoms with Gasteiger partial charge in [-0.1, -0.05) is 23.2 Å². The fraction of sp³-hybridized carbons (Fsp3) is 0. The molecule has 2 aromatic rings. The number of aromatic nitrogens is 1. The number of pyridine rings is 1. The number of benzene rings is 1. The van der Waals surface area contributed by atoms with Crippen molar-refractivity contribution in [1.29, 1.82) is 0 Å². The minimum Gasteiger partial charge on any atom is -0.478 e. The summed E-state index contributed by atoms with van der Waals surface area (Å²) in [6.45, 7) is 0. The molecule has 0 unspecified atom stereocenters. The van der Waals surface area contributed by atoms with Gasteiger partial charge in [0.1, 0.15) is 0 Å². The lowest BCUT2D eigenvalue weighted by atomic mass is 10.2. The minimum absolute atomic E-state index is 0.0478. The Bertz CT molecular complexity index is 689. The number of halogens is 2. The number of carboxylic acid groups (broad SMARTS) is 1. The van der Waals surface area contributed by atoms with Crippen molar-refractivity contribution in [3.63, 3.8) is 0 Å². The van der Waals surface area contributed by atoms with Crippen LogP contribution in [0.3, 0.4) is 0 Å². The van der Waals surface area contributed by atoms with Crippen molar-refractivity contribution in [3.05, 3.63) is 57.8 Å². The first-order valence-corrected chi connectivity index (χ1v) is 6.18. The van der Waals surface area contributed by atoms with E-state index in [1.54, 1.807) is 0 Å². The van der Waals surface area contributed by atoms with Crippen LogP contribution in [0.4, 0.5) is 5.69 Å². The normalized spacial score (nSPS) is 10.1. The number of hydrogen-bond acceptors (Lipinski definition) is 3. The van der Waals surface area contributed by atoms with Crippen LogP contribution in [0, 0.1) is 0 Å². The lowest BCUT2D eigenvalue weighted by Gasteiger charge is -2.08. The van der Waals surface area contributed by atoms with Crippen LogP contribution in [0.25, 0.3) is 0 Å². The maximum atomic E-state index is 12.0. The van der Waals surface area contributed by atoms with Crippen LogP contribution in [0.15, 0.2) is 36.7 Å². The molecule has 0 bridgehead atoms. The molecule has 1 aromatic carbocycles. The highest BCUT2D eigenvalue weighted by Crippen LogP contribution is 2.23. The third-order valence-corrected chi connectivity index (χ3v) is 3.22. The second-order valence-corrected chi connectivity index (χ2v) is 4.62. The van der Waals surface area contributed by atoms with Gasteiger partial charge in [-0.2, -0.15) is 0 Å². The highest BCUT2D eigenvalue weighted by molar-refractivity contribution is 6.42. The molecule has 1 heterocycles. The Morgan fingerprint density at radius 3 is 2.55 bits per heavy atom. The van der Waals surface area contributed by atoms with Gasteiger partial charge in [-0.3, -0.25) is 9.78 Å². The maximum Gasteiger partial charge on any atom is 0.337 e. The zero-order valence-electron chi connectivity index (χ0n) is 9.93. The Morgan fingerprint density at radius 1 is 1.15 bits per heavy atom. The summed E-state index contributed by atoms with van der Waals surface area (Å²) in [5, 5.41) is 12.1. The van der Waals surface area contributed by atoms with Crippen molar-refractivity contribution < 1.29 is 14.7 Å². The number of carbonyl (C=O) groups is 2. The number of carbonyl (C=O) groups excluding carboxylic acids is 1. The van der Waals surface area contributed by atoms with E-state index in [9.17, 15) is 9.59 Å². The molecule has 20 heavy (non-hydrogen) atoms. The SMILES string of the molecule is O=C(Nc1cnccc1C(=O)O)c1ccc(Cl)c(Cl)c1.